The predicted octanol–water partition coefficient (Wildman–Crippen LogP) is 2.05. The van der Waals surface area contributed by atoms with Gasteiger partial charge in [-0.05, 0) is 12.8 Å². The number of nitro groups is 1. The molecule has 0 fully saturated rings. The number of nitrogen functional groups attached to an aromatic ring is 1. The minimum atomic E-state index is -3.69. The van der Waals surface area contributed by atoms with Gasteiger partial charge in [-0.3, -0.25) is 10.1 Å². The molecule has 1 rings (SSSR count). The van der Waals surface area contributed by atoms with Crippen molar-refractivity contribution < 1.29 is 13.3 Å². The third-order valence-electron chi connectivity index (χ3n) is 2.45. The Morgan fingerprint density at radius 3 is 2.26 bits per heavy atom. The van der Waals surface area contributed by atoms with Crippen LogP contribution in [0.4, 0.5) is 10.7 Å². The zero-order valence-electron chi connectivity index (χ0n) is 10.8. The fourth-order valence-corrected chi connectivity index (χ4v) is 4.61. The zero-order valence-corrected chi connectivity index (χ0v) is 12.5. The number of sulfonamides is 1. The van der Waals surface area contributed by atoms with Crippen LogP contribution in [-0.2, 0) is 10.0 Å². The lowest BCUT2D eigenvalue weighted by Crippen LogP contribution is -2.32. The van der Waals surface area contributed by atoms with E-state index in [9.17, 15) is 18.5 Å². The van der Waals surface area contributed by atoms with E-state index in [0.717, 1.165) is 17.4 Å². The van der Waals surface area contributed by atoms with Crippen LogP contribution in [0, 0.1) is 10.1 Å². The second-order valence-electron chi connectivity index (χ2n) is 3.98. The molecule has 0 aromatic carbocycles. The topological polar surface area (TPSA) is 107 Å². The third kappa shape index (κ3) is 3.43. The van der Waals surface area contributed by atoms with Gasteiger partial charge in [0.25, 0.3) is 10.0 Å². The second kappa shape index (κ2) is 6.31. The molecule has 19 heavy (non-hydrogen) atoms. The first-order chi connectivity index (χ1) is 8.84. The molecule has 2 N–H and O–H groups in total. The summed E-state index contributed by atoms with van der Waals surface area (Å²) in [5, 5.41) is 10.6. The zero-order chi connectivity index (χ0) is 14.6. The maximum absolute atomic E-state index is 12.4. The van der Waals surface area contributed by atoms with Crippen molar-refractivity contribution in [1.29, 1.82) is 0 Å². The molecule has 0 aliphatic rings. The maximum Gasteiger partial charge on any atom is 0.304 e. The van der Waals surface area contributed by atoms with E-state index in [1.165, 1.54) is 4.31 Å². The molecule has 0 saturated carbocycles. The highest BCUT2D eigenvalue weighted by Crippen LogP contribution is 2.35. The van der Waals surface area contributed by atoms with E-state index >= 15 is 0 Å². The molecule has 0 aliphatic carbocycles. The fraction of sp³-hybridized carbons (Fsp3) is 0.600. The summed E-state index contributed by atoms with van der Waals surface area (Å²) >= 11 is 0.736. The predicted molar refractivity (Wildman–Crippen MR) is 74.7 cm³/mol. The average molecular weight is 307 g/mol. The highest BCUT2D eigenvalue weighted by Gasteiger charge is 2.29. The lowest BCUT2D eigenvalue weighted by Gasteiger charge is -2.19. The first kappa shape index (κ1) is 15.9. The van der Waals surface area contributed by atoms with Crippen LogP contribution >= 0.6 is 11.3 Å². The van der Waals surface area contributed by atoms with Crippen molar-refractivity contribution in [1.82, 2.24) is 4.31 Å². The van der Waals surface area contributed by atoms with Gasteiger partial charge >= 0.3 is 5.69 Å². The molecule has 1 aromatic heterocycles. The van der Waals surface area contributed by atoms with Gasteiger partial charge in [-0.1, -0.05) is 25.2 Å². The first-order valence-electron chi connectivity index (χ1n) is 5.88. The van der Waals surface area contributed by atoms with Crippen LogP contribution in [0.5, 0.6) is 0 Å². The molecule has 0 spiro atoms. The van der Waals surface area contributed by atoms with Gasteiger partial charge in [0, 0.05) is 19.2 Å². The summed E-state index contributed by atoms with van der Waals surface area (Å²) in [6.07, 6.45) is 1.37. The van der Waals surface area contributed by atoms with Gasteiger partial charge in [-0.25, -0.2) is 8.42 Å². The number of anilines is 1. The molecule has 0 amide bonds. The Bertz CT molecular complexity index is 547. The first-order valence-corrected chi connectivity index (χ1v) is 8.14. The van der Waals surface area contributed by atoms with Crippen molar-refractivity contribution >= 4 is 32.0 Å². The summed E-state index contributed by atoms with van der Waals surface area (Å²) in [6, 6.07) is 1.04. The van der Waals surface area contributed by atoms with Crippen molar-refractivity contribution in [3.8, 4) is 0 Å². The van der Waals surface area contributed by atoms with Gasteiger partial charge < -0.3 is 5.73 Å². The van der Waals surface area contributed by atoms with Crippen LogP contribution in [0.1, 0.15) is 26.7 Å². The van der Waals surface area contributed by atoms with Gasteiger partial charge in [0.05, 0.1) is 4.92 Å². The van der Waals surface area contributed by atoms with E-state index in [1.807, 2.05) is 13.8 Å². The van der Waals surface area contributed by atoms with Crippen molar-refractivity contribution in [3.05, 3.63) is 16.2 Å². The molecule has 1 aromatic rings. The van der Waals surface area contributed by atoms with Crippen molar-refractivity contribution in [3.63, 3.8) is 0 Å². The SMILES string of the molecule is CCCN(CCC)S(=O)(=O)c1cc([N+](=O)[O-])c(N)s1. The van der Waals surface area contributed by atoms with E-state index in [2.05, 4.69) is 0 Å². The summed E-state index contributed by atoms with van der Waals surface area (Å²) in [6.45, 7) is 4.54. The van der Waals surface area contributed by atoms with E-state index in [-0.39, 0.29) is 14.9 Å². The van der Waals surface area contributed by atoms with Crippen LogP contribution in [0.2, 0.25) is 0 Å². The van der Waals surface area contributed by atoms with Gasteiger partial charge in [0.15, 0.2) is 5.00 Å². The van der Waals surface area contributed by atoms with Crippen LogP contribution in [0.25, 0.3) is 0 Å². The Hall–Kier alpha value is -1.19. The van der Waals surface area contributed by atoms with Crippen LogP contribution in [0.15, 0.2) is 10.3 Å². The Kier molecular flexibility index (Phi) is 5.27. The van der Waals surface area contributed by atoms with Gasteiger partial charge in [-0.2, -0.15) is 4.31 Å². The number of rotatable bonds is 7. The number of nitrogens with two attached hydrogens (primary N) is 1. The molecule has 1 heterocycles. The molecular formula is C10H17N3O4S2. The van der Waals surface area contributed by atoms with Crippen LogP contribution < -0.4 is 5.73 Å². The molecule has 108 valence electrons. The number of hydrogen-bond acceptors (Lipinski definition) is 6. The Labute approximate surface area is 116 Å². The van der Waals surface area contributed by atoms with Crippen LogP contribution in [-0.4, -0.2) is 30.7 Å². The highest BCUT2D eigenvalue weighted by molar-refractivity contribution is 7.91. The molecule has 0 bridgehead atoms. The van der Waals surface area contributed by atoms with Gasteiger partial charge in [0.1, 0.15) is 4.21 Å². The molecule has 7 nitrogen and oxygen atoms in total. The van der Waals surface area contributed by atoms with E-state index in [0.29, 0.717) is 25.9 Å². The van der Waals surface area contributed by atoms with Crippen molar-refractivity contribution in [2.24, 2.45) is 0 Å². The van der Waals surface area contributed by atoms with E-state index in [1.54, 1.807) is 0 Å². The normalized spacial score (nSPS) is 11.9. The Morgan fingerprint density at radius 1 is 1.37 bits per heavy atom. The fourth-order valence-electron chi connectivity index (χ4n) is 1.62. The Morgan fingerprint density at radius 2 is 1.89 bits per heavy atom. The summed E-state index contributed by atoms with van der Waals surface area (Å²) in [5.41, 5.74) is 5.13. The highest BCUT2D eigenvalue weighted by atomic mass is 32.2. The standard InChI is InChI=1S/C10H17N3O4S2/c1-3-5-12(6-4-2)19(16,17)9-7-8(13(14)15)10(11)18-9/h7H,3-6,11H2,1-2H3. The number of hydrogen-bond donors (Lipinski definition) is 1. The smallest absolute Gasteiger partial charge is 0.304 e. The lowest BCUT2D eigenvalue weighted by molar-refractivity contribution is -0.383. The molecule has 0 atom stereocenters. The monoisotopic (exact) mass is 307 g/mol. The maximum atomic E-state index is 12.4. The quantitative estimate of drug-likeness (QED) is 0.613. The van der Waals surface area contributed by atoms with Crippen molar-refractivity contribution in [2.75, 3.05) is 18.8 Å². The summed E-state index contributed by atoms with van der Waals surface area (Å²) in [7, 11) is -3.69. The van der Waals surface area contributed by atoms with Gasteiger partial charge in [-0.15, -0.1) is 0 Å². The molecule has 0 aliphatic heterocycles. The second-order valence-corrected chi connectivity index (χ2v) is 7.22. The van der Waals surface area contributed by atoms with Gasteiger partial charge in [0.2, 0.25) is 0 Å². The molecule has 0 saturated heterocycles. The molecular weight excluding hydrogens is 290 g/mol. The summed E-state index contributed by atoms with van der Waals surface area (Å²) in [4.78, 5) is 10.0. The van der Waals surface area contributed by atoms with Crippen molar-refractivity contribution in [2.45, 2.75) is 30.9 Å². The molecule has 9 heteroatoms. The minimum absolute atomic E-state index is 0.0707. The molecule has 0 unspecified atom stereocenters. The summed E-state index contributed by atoms with van der Waals surface area (Å²) in [5.74, 6) is 0. The summed E-state index contributed by atoms with van der Waals surface area (Å²) < 4.78 is 26.0. The number of thiophene rings is 1. The lowest BCUT2D eigenvalue weighted by atomic mass is 10.4. The minimum Gasteiger partial charge on any atom is -0.385 e. The average Bonchev–Trinajstić information content (AvgIpc) is 2.72. The van der Waals surface area contributed by atoms with E-state index < -0.39 is 14.9 Å². The molecule has 0 radical (unpaired) electrons. The largest absolute Gasteiger partial charge is 0.385 e. The van der Waals surface area contributed by atoms with Crippen LogP contribution in [0.3, 0.4) is 0 Å². The van der Waals surface area contributed by atoms with E-state index in [4.69, 9.17) is 5.73 Å². The Balaban J connectivity index is 3.17. The third-order valence-corrected chi connectivity index (χ3v) is 5.76. The number of nitrogens with zero attached hydrogens (tertiary/aromatic N) is 2.